The molecule has 0 atom stereocenters. The van der Waals surface area contributed by atoms with E-state index in [1.54, 1.807) is 0 Å². The van der Waals surface area contributed by atoms with Gasteiger partial charge in [0.15, 0.2) is 0 Å². The van der Waals surface area contributed by atoms with Gasteiger partial charge in [0.2, 0.25) is 0 Å². The Morgan fingerprint density at radius 1 is 0.489 bits per heavy atom. The van der Waals surface area contributed by atoms with Gasteiger partial charge in [-0.2, -0.15) is 5.10 Å². The third-order valence-corrected chi connectivity index (χ3v) is 9.23. The van der Waals surface area contributed by atoms with Gasteiger partial charge < -0.3 is 9.47 Å². The number of rotatable bonds is 30. The second-order valence-corrected chi connectivity index (χ2v) is 13.6. The number of H-pyrrole nitrogens is 1. The van der Waals surface area contributed by atoms with Crippen molar-refractivity contribution < 1.29 is 9.47 Å². The number of nitrogens with zero attached hydrogens (tertiary/aromatic N) is 2. The third-order valence-electron chi connectivity index (χ3n) is 9.23. The van der Waals surface area contributed by atoms with Gasteiger partial charge in [-0.1, -0.05) is 161 Å². The van der Waals surface area contributed by atoms with E-state index in [9.17, 15) is 0 Å². The van der Waals surface area contributed by atoms with Crippen molar-refractivity contribution in [2.75, 3.05) is 13.2 Å². The number of aromatic nitrogens is 3. The number of hydrogen-bond donors (Lipinski definition) is 1. The van der Waals surface area contributed by atoms with Crippen LogP contribution in [0.1, 0.15) is 168 Å². The molecule has 0 fully saturated rings. The lowest BCUT2D eigenvalue weighted by atomic mass is 10.1. The van der Waals surface area contributed by atoms with E-state index < -0.39 is 0 Å². The van der Waals surface area contributed by atoms with E-state index >= 15 is 0 Å². The molecule has 0 spiro atoms. The molecular weight excluding hydrogens is 578 g/mol. The summed E-state index contributed by atoms with van der Waals surface area (Å²) in [5.74, 6) is 1.72. The molecule has 0 radical (unpaired) electrons. The van der Waals surface area contributed by atoms with E-state index in [-0.39, 0.29) is 0 Å². The van der Waals surface area contributed by atoms with Crippen molar-refractivity contribution >= 4 is 0 Å². The quantitative estimate of drug-likeness (QED) is 0.0733. The zero-order chi connectivity index (χ0) is 33.0. The number of unbranched alkanes of at least 4 members (excludes halogenated alkanes) is 22. The van der Waals surface area contributed by atoms with Crippen LogP contribution in [0.25, 0.3) is 22.6 Å². The molecule has 0 amide bonds. The normalized spacial score (nSPS) is 11.3. The molecule has 262 valence electrons. The Labute approximate surface area is 288 Å². The fourth-order valence-electron chi connectivity index (χ4n) is 6.28. The summed E-state index contributed by atoms with van der Waals surface area (Å²) < 4.78 is 12.6. The Morgan fingerprint density at radius 2 is 0.936 bits per heavy atom. The van der Waals surface area contributed by atoms with Gasteiger partial charge in [0, 0.05) is 17.8 Å². The molecular formula is C42H67N3O2. The van der Waals surface area contributed by atoms with Gasteiger partial charge in [-0.05, 0) is 43.2 Å². The highest BCUT2D eigenvalue weighted by Crippen LogP contribution is 2.31. The third kappa shape index (κ3) is 17.8. The summed E-state index contributed by atoms with van der Waals surface area (Å²) in [6.07, 6.45) is 34.1. The summed E-state index contributed by atoms with van der Waals surface area (Å²) in [7, 11) is 0. The Kier molecular flexibility index (Phi) is 21.5. The van der Waals surface area contributed by atoms with E-state index in [1.807, 2.05) is 24.4 Å². The van der Waals surface area contributed by atoms with E-state index in [2.05, 4.69) is 53.3 Å². The van der Waals surface area contributed by atoms with Crippen molar-refractivity contribution in [1.82, 2.24) is 15.2 Å². The SMILES string of the molecule is CCCCCCCCCCCCCCOc1cc(OCCCCCCCCCCCCCC)cc(-c2cc(-c3ccccn3)[nH]n2)c1. The van der Waals surface area contributed by atoms with Crippen LogP contribution in [0.3, 0.4) is 0 Å². The predicted octanol–water partition coefficient (Wildman–Crippen LogP) is 13.3. The molecule has 0 saturated heterocycles. The van der Waals surface area contributed by atoms with Crippen LogP contribution in [0.4, 0.5) is 0 Å². The Morgan fingerprint density at radius 3 is 1.36 bits per heavy atom. The fourth-order valence-corrected chi connectivity index (χ4v) is 6.28. The molecule has 0 aliphatic rings. The van der Waals surface area contributed by atoms with Gasteiger partial charge >= 0.3 is 0 Å². The van der Waals surface area contributed by atoms with Gasteiger partial charge in [0.25, 0.3) is 0 Å². The molecule has 2 heterocycles. The van der Waals surface area contributed by atoms with Crippen LogP contribution in [-0.4, -0.2) is 28.4 Å². The summed E-state index contributed by atoms with van der Waals surface area (Å²) >= 11 is 0. The maximum atomic E-state index is 6.28. The van der Waals surface area contributed by atoms with Gasteiger partial charge in [0.05, 0.1) is 30.3 Å². The molecule has 1 N–H and O–H groups in total. The van der Waals surface area contributed by atoms with E-state index in [0.29, 0.717) is 0 Å². The van der Waals surface area contributed by atoms with Crippen LogP contribution in [-0.2, 0) is 0 Å². The number of hydrogen-bond acceptors (Lipinski definition) is 4. The first kappa shape index (κ1) is 38.6. The molecule has 0 aliphatic heterocycles. The smallest absolute Gasteiger partial charge is 0.123 e. The first-order chi connectivity index (χ1) is 23.3. The zero-order valence-corrected chi connectivity index (χ0v) is 30.2. The monoisotopic (exact) mass is 646 g/mol. The molecule has 3 rings (SSSR count). The molecule has 0 saturated carbocycles. The van der Waals surface area contributed by atoms with Gasteiger partial charge in [-0.15, -0.1) is 0 Å². The molecule has 5 heteroatoms. The van der Waals surface area contributed by atoms with Crippen LogP contribution in [0.2, 0.25) is 0 Å². The molecule has 3 aromatic rings. The maximum absolute atomic E-state index is 6.28. The lowest BCUT2D eigenvalue weighted by molar-refractivity contribution is 0.290. The average Bonchev–Trinajstić information content (AvgIpc) is 3.60. The van der Waals surface area contributed by atoms with Crippen molar-refractivity contribution in [2.45, 2.75) is 168 Å². The summed E-state index contributed by atoms with van der Waals surface area (Å²) in [6, 6.07) is 14.2. The van der Waals surface area contributed by atoms with Crippen molar-refractivity contribution in [2.24, 2.45) is 0 Å². The molecule has 0 bridgehead atoms. The molecule has 0 unspecified atom stereocenters. The topological polar surface area (TPSA) is 60.0 Å². The molecule has 1 aromatic carbocycles. The van der Waals surface area contributed by atoms with Crippen LogP contribution < -0.4 is 9.47 Å². The van der Waals surface area contributed by atoms with Crippen molar-refractivity contribution in [3.63, 3.8) is 0 Å². The number of nitrogens with one attached hydrogen (secondary N) is 1. The van der Waals surface area contributed by atoms with Crippen molar-refractivity contribution in [3.8, 4) is 34.1 Å². The van der Waals surface area contributed by atoms with Crippen molar-refractivity contribution in [3.05, 3.63) is 48.7 Å². The molecule has 5 nitrogen and oxygen atoms in total. The molecule has 2 aromatic heterocycles. The summed E-state index contributed by atoms with van der Waals surface area (Å²) in [5.41, 5.74) is 3.66. The van der Waals surface area contributed by atoms with E-state index in [0.717, 1.165) is 60.2 Å². The van der Waals surface area contributed by atoms with Crippen LogP contribution in [0.5, 0.6) is 11.5 Å². The highest BCUT2D eigenvalue weighted by molar-refractivity contribution is 5.68. The van der Waals surface area contributed by atoms with Gasteiger partial charge in [0.1, 0.15) is 11.5 Å². The summed E-state index contributed by atoms with van der Waals surface area (Å²) in [4.78, 5) is 4.47. The van der Waals surface area contributed by atoms with Gasteiger partial charge in [-0.25, -0.2) is 0 Å². The highest BCUT2D eigenvalue weighted by Gasteiger charge is 2.11. The second-order valence-electron chi connectivity index (χ2n) is 13.6. The number of benzene rings is 1. The Bertz CT molecular complexity index is 1100. The zero-order valence-electron chi connectivity index (χ0n) is 30.2. The number of pyridine rings is 1. The molecule has 47 heavy (non-hydrogen) atoms. The number of aromatic amines is 1. The summed E-state index contributed by atoms with van der Waals surface area (Å²) in [5, 5.41) is 7.77. The minimum absolute atomic E-state index is 0.735. The summed E-state index contributed by atoms with van der Waals surface area (Å²) in [6.45, 7) is 6.05. The van der Waals surface area contributed by atoms with Crippen LogP contribution in [0.15, 0.2) is 48.7 Å². The van der Waals surface area contributed by atoms with Crippen LogP contribution in [0, 0.1) is 0 Å². The largest absolute Gasteiger partial charge is 0.493 e. The first-order valence-corrected chi connectivity index (χ1v) is 19.7. The van der Waals surface area contributed by atoms with E-state index in [1.165, 1.54) is 141 Å². The van der Waals surface area contributed by atoms with E-state index in [4.69, 9.17) is 9.47 Å². The van der Waals surface area contributed by atoms with Crippen molar-refractivity contribution in [1.29, 1.82) is 0 Å². The number of ether oxygens (including phenoxy) is 2. The molecule has 0 aliphatic carbocycles. The lowest BCUT2D eigenvalue weighted by Gasteiger charge is -2.12. The second kappa shape index (κ2) is 26.2. The highest BCUT2D eigenvalue weighted by atomic mass is 16.5. The minimum Gasteiger partial charge on any atom is -0.493 e. The van der Waals surface area contributed by atoms with Gasteiger partial charge in [-0.3, -0.25) is 10.1 Å². The maximum Gasteiger partial charge on any atom is 0.123 e. The Hall–Kier alpha value is -2.82. The first-order valence-electron chi connectivity index (χ1n) is 19.7. The van der Waals surface area contributed by atoms with Crippen LogP contribution >= 0.6 is 0 Å². The predicted molar refractivity (Wildman–Crippen MR) is 200 cm³/mol. The fraction of sp³-hybridized carbons (Fsp3) is 0.667. The standard InChI is InChI=1S/C42H67N3O2/c1-3-5-7-9-11-13-15-17-19-21-23-27-31-46-38-33-37(41-36-42(45-44-41)40-29-25-26-30-43-40)34-39(35-38)47-32-28-24-22-20-18-16-14-12-10-8-6-4-2/h25-26,29-30,33-36H,3-24,27-28,31-32H2,1-2H3,(H,44,45). The lowest BCUT2D eigenvalue weighted by Crippen LogP contribution is -2.01. The average molecular weight is 646 g/mol. The minimum atomic E-state index is 0.735. The Balaban J connectivity index is 1.39.